The van der Waals surface area contributed by atoms with Gasteiger partial charge in [0.25, 0.3) is 0 Å². The van der Waals surface area contributed by atoms with Gasteiger partial charge in [-0.2, -0.15) is 0 Å². The van der Waals surface area contributed by atoms with Crippen molar-refractivity contribution in [2.45, 2.75) is 0 Å². The number of fused-ring (bicyclic) bond motifs is 3. The Labute approximate surface area is 144 Å². The largest absolute Gasteiger partial charge is 0.497 e. The topological polar surface area (TPSA) is 35.5 Å². The van der Waals surface area contributed by atoms with Crippen LogP contribution >= 0.6 is 11.6 Å². The van der Waals surface area contributed by atoms with Crippen molar-refractivity contribution in [2.75, 3.05) is 7.11 Å². The first-order chi connectivity index (χ1) is 11.7. The van der Waals surface area contributed by atoms with E-state index in [0.29, 0.717) is 33.2 Å². The number of para-hydroxylation sites is 1. The Balaban J connectivity index is 2.03. The van der Waals surface area contributed by atoms with E-state index in [9.17, 15) is 4.79 Å². The minimum Gasteiger partial charge on any atom is -0.497 e. The quantitative estimate of drug-likeness (QED) is 0.599. The van der Waals surface area contributed by atoms with E-state index >= 15 is 0 Å². The fourth-order valence-corrected chi connectivity index (χ4v) is 3.21. The highest BCUT2D eigenvalue weighted by Crippen LogP contribution is 2.44. The SMILES string of the molecule is COc1ccc2cc3c(cc2c1)Oc1ccccc1C(C=O)=C3Cl. The molecule has 0 bridgehead atoms. The van der Waals surface area contributed by atoms with Crippen molar-refractivity contribution in [3.05, 3.63) is 65.7 Å². The van der Waals surface area contributed by atoms with Gasteiger partial charge in [-0.3, -0.25) is 4.79 Å². The number of allylic oxidation sites excluding steroid dienone is 1. The van der Waals surface area contributed by atoms with Crippen LogP contribution in [0.3, 0.4) is 0 Å². The molecule has 0 unspecified atom stereocenters. The Morgan fingerprint density at radius 1 is 0.958 bits per heavy atom. The number of halogens is 1. The molecule has 0 atom stereocenters. The third kappa shape index (κ3) is 2.25. The monoisotopic (exact) mass is 336 g/mol. The van der Waals surface area contributed by atoms with Crippen LogP contribution in [0.25, 0.3) is 21.4 Å². The van der Waals surface area contributed by atoms with E-state index in [1.165, 1.54) is 0 Å². The summed E-state index contributed by atoms with van der Waals surface area (Å²) in [6.07, 6.45) is 0.776. The molecule has 0 amide bonds. The first-order valence-electron chi connectivity index (χ1n) is 7.45. The van der Waals surface area contributed by atoms with Crippen LogP contribution < -0.4 is 9.47 Å². The van der Waals surface area contributed by atoms with Gasteiger partial charge in [0.2, 0.25) is 0 Å². The van der Waals surface area contributed by atoms with Crippen molar-refractivity contribution in [1.82, 2.24) is 0 Å². The van der Waals surface area contributed by atoms with Crippen LogP contribution in [-0.4, -0.2) is 13.4 Å². The van der Waals surface area contributed by atoms with Crippen molar-refractivity contribution in [1.29, 1.82) is 0 Å². The summed E-state index contributed by atoms with van der Waals surface area (Å²) in [5.41, 5.74) is 1.82. The second-order valence-corrected chi connectivity index (χ2v) is 5.88. The van der Waals surface area contributed by atoms with Crippen molar-refractivity contribution in [2.24, 2.45) is 0 Å². The summed E-state index contributed by atoms with van der Waals surface area (Å²) >= 11 is 6.55. The summed E-state index contributed by atoms with van der Waals surface area (Å²) in [6.45, 7) is 0. The van der Waals surface area contributed by atoms with E-state index in [2.05, 4.69) is 0 Å². The molecule has 1 heterocycles. The standard InChI is InChI=1S/C20H13ClO3/c1-23-14-7-6-12-9-16-19(10-13(12)8-14)24-18-5-3-2-4-15(18)17(11-22)20(16)21/h2-11H,1H3. The molecule has 3 nitrogen and oxygen atoms in total. The number of hydrogen-bond donors (Lipinski definition) is 0. The normalized spacial score (nSPS) is 12.9. The number of aldehydes is 1. The minimum atomic E-state index is 0.391. The zero-order valence-corrected chi connectivity index (χ0v) is 13.6. The molecule has 3 aromatic rings. The van der Waals surface area contributed by atoms with Gasteiger partial charge in [-0.1, -0.05) is 35.9 Å². The van der Waals surface area contributed by atoms with Crippen LogP contribution in [0.5, 0.6) is 17.2 Å². The van der Waals surface area contributed by atoms with Crippen LogP contribution in [0, 0.1) is 0 Å². The molecule has 0 radical (unpaired) electrons. The second kappa shape index (κ2) is 5.69. The zero-order chi connectivity index (χ0) is 16.7. The number of methoxy groups -OCH3 is 1. The second-order valence-electron chi connectivity index (χ2n) is 5.51. The number of ether oxygens (including phenoxy) is 2. The average Bonchev–Trinajstić information content (AvgIpc) is 2.73. The molecule has 24 heavy (non-hydrogen) atoms. The van der Waals surface area contributed by atoms with Gasteiger partial charge >= 0.3 is 0 Å². The molecule has 1 aliphatic rings. The lowest BCUT2D eigenvalue weighted by atomic mass is 10.0. The van der Waals surface area contributed by atoms with Crippen molar-refractivity contribution in [3.8, 4) is 17.2 Å². The van der Waals surface area contributed by atoms with Crippen LogP contribution in [0.15, 0.2) is 54.6 Å². The Morgan fingerprint density at radius 2 is 1.79 bits per heavy atom. The van der Waals surface area contributed by atoms with Crippen LogP contribution in [-0.2, 0) is 4.79 Å². The summed E-state index contributed by atoms with van der Waals surface area (Å²) in [4.78, 5) is 11.6. The van der Waals surface area contributed by atoms with Gasteiger partial charge in [-0.15, -0.1) is 0 Å². The highest BCUT2D eigenvalue weighted by atomic mass is 35.5. The maximum atomic E-state index is 11.6. The molecular weight excluding hydrogens is 324 g/mol. The van der Waals surface area contributed by atoms with Crippen molar-refractivity contribution >= 4 is 39.3 Å². The highest BCUT2D eigenvalue weighted by Gasteiger charge is 2.22. The van der Waals surface area contributed by atoms with Crippen LogP contribution in [0.1, 0.15) is 11.1 Å². The number of benzene rings is 3. The van der Waals surface area contributed by atoms with E-state index in [1.807, 2.05) is 54.6 Å². The molecule has 0 saturated carbocycles. The van der Waals surface area contributed by atoms with E-state index < -0.39 is 0 Å². The molecule has 0 fully saturated rings. The molecule has 0 aliphatic carbocycles. The maximum Gasteiger partial charge on any atom is 0.152 e. The first-order valence-corrected chi connectivity index (χ1v) is 7.83. The molecule has 3 aromatic carbocycles. The van der Waals surface area contributed by atoms with Gasteiger partial charge in [-0.05, 0) is 41.1 Å². The number of carbonyl (C=O) groups is 1. The lowest BCUT2D eigenvalue weighted by Crippen LogP contribution is -1.90. The summed E-state index contributed by atoms with van der Waals surface area (Å²) < 4.78 is 11.3. The number of carbonyl (C=O) groups excluding carboxylic acids is 1. The predicted octanol–water partition coefficient (Wildman–Crippen LogP) is 5.26. The third-order valence-corrected chi connectivity index (χ3v) is 4.54. The smallest absolute Gasteiger partial charge is 0.152 e. The van der Waals surface area contributed by atoms with E-state index in [0.717, 1.165) is 22.8 Å². The Morgan fingerprint density at radius 3 is 2.58 bits per heavy atom. The molecular formula is C20H13ClO3. The number of hydrogen-bond acceptors (Lipinski definition) is 3. The first kappa shape index (κ1) is 14.8. The van der Waals surface area contributed by atoms with Gasteiger partial charge in [0.05, 0.1) is 12.1 Å². The molecule has 0 N–H and O–H groups in total. The molecule has 4 rings (SSSR count). The molecule has 0 spiro atoms. The predicted molar refractivity (Wildman–Crippen MR) is 95.7 cm³/mol. The fraction of sp³-hybridized carbons (Fsp3) is 0.0500. The Bertz CT molecular complexity index is 1000. The van der Waals surface area contributed by atoms with Gasteiger partial charge in [0, 0.05) is 16.7 Å². The maximum absolute atomic E-state index is 11.6. The minimum absolute atomic E-state index is 0.391. The Hall–Kier alpha value is -2.78. The zero-order valence-electron chi connectivity index (χ0n) is 12.9. The molecule has 0 aromatic heterocycles. The lowest BCUT2D eigenvalue weighted by molar-refractivity contribution is -0.103. The fourth-order valence-electron chi connectivity index (χ4n) is 2.91. The molecule has 1 aliphatic heterocycles. The lowest BCUT2D eigenvalue weighted by Gasteiger charge is -2.11. The summed E-state index contributed by atoms with van der Waals surface area (Å²) in [7, 11) is 1.63. The van der Waals surface area contributed by atoms with Crippen LogP contribution in [0.4, 0.5) is 0 Å². The third-order valence-electron chi connectivity index (χ3n) is 4.13. The van der Waals surface area contributed by atoms with Gasteiger partial charge < -0.3 is 9.47 Å². The van der Waals surface area contributed by atoms with Crippen molar-refractivity contribution in [3.63, 3.8) is 0 Å². The van der Waals surface area contributed by atoms with Crippen molar-refractivity contribution < 1.29 is 14.3 Å². The molecule has 0 saturated heterocycles. The van der Waals surface area contributed by atoms with Gasteiger partial charge in [0.15, 0.2) is 6.29 Å². The van der Waals surface area contributed by atoms with E-state index in [-0.39, 0.29) is 0 Å². The summed E-state index contributed by atoms with van der Waals surface area (Å²) in [6, 6.07) is 17.0. The molecule has 4 heteroatoms. The van der Waals surface area contributed by atoms with Gasteiger partial charge in [0.1, 0.15) is 17.2 Å². The van der Waals surface area contributed by atoms with E-state index in [4.69, 9.17) is 21.1 Å². The molecule has 118 valence electrons. The summed E-state index contributed by atoms with van der Waals surface area (Å²) in [5, 5.41) is 2.36. The van der Waals surface area contributed by atoms with Crippen LogP contribution in [0.2, 0.25) is 0 Å². The highest BCUT2D eigenvalue weighted by molar-refractivity contribution is 6.56. The van der Waals surface area contributed by atoms with E-state index in [1.54, 1.807) is 7.11 Å². The average molecular weight is 337 g/mol. The van der Waals surface area contributed by atoms with Gasteiger partial charge in [-0.25, -0.2) is 0 Å². The number of rotatable bonds is 2. The Kier molecular flexibility index (Phi) is 3.51. The summed E-state index contributed by atoms with van der Waals surface area (Å²) in [5.74, 6) is 2.00.